The lowest BCUT2D eigenvalue weighted by atomic mass is 9.94. The van der Waals surface area contributed by atoms with Crippen LogP contribution >= 0.6 is 11.6 Å². The van der Waals surface area contributed by atoms with E-state index in [2.05, 4.69) is 49.2 Å². The second-order valence-electron chi connectivity index (χ2n) is 9.61. The number of nitrogens with two attached hydrogens (primary N) is 1. The van der Waals surface area contributed by atoms with Gasteiger partial charge in [-0.3, -0.25) is 4.79 Å². The van der Waals surface area contributed by atoms with Crippen LogP contribution in [0.4, 0.5) is 10.5 Å². The van der Waals surface area contributed by atoms with Crippen molar-refractivity contribution in [3.05, 3.63) is 64.2 Å². The van der Waals surface area contributed by atoms with Gasteiger partial charge in [-0.05, 0) is 48.6 Å². The standard InChI is InChI=1S/C26H33ClN4O3/c1-16(2)14-21(28)20-15-17(3)4-9-22(20)30-10-12-31(13-11-30)25(32)24-23(29-26(33)34-24)18-5-7-19(27)8-6-18/h4-9,15-16,21,23-24H,10-14,28H2,1-3H3,(H,29,33)/t21-,23-,24+/m0/s1. The molecule has 2 aliphatic heterocycles. The first-order valence-electron chi connectivity index (χ1n) is 11.9. The lowest BCUT2D eigenvalue weighted by Crippen LogP contribution is -2.52. The van der Waals surface area contributed by atoms with Gasteiger partial charge in [0.15, 0.2) is 0 Å². The van der Waals surface area contributed by atoms with Crippen molar-refractivity contribution < 1.29 is 14.3 Å². The van der Waals surface area contributed by atoms with Gasteiger partial charge in [-0.2, -0.15) is 0 Å². The van der Waals surface area contributed by atoms with Gasteiger partial charge < -0.3 is 25.6 Å². The average Bonchev–Trinajstić information content (AvgIpc) is 3.20. The van der Waals surface area contributed by atoms with E-state index in [9.17, 15) is 9.59 Å². The molecule has 4 rings (SSSR count). The summed E-state index contributed by atoms with van der Waals surface area (Å²) in [5, 5.41) is 3.35. The predicted octanol–water partition coefficient (Wildman–Crippen LogP) is 4.19. The summed E-state index contributed by atoms with van der Waals surface area (Å²) in [5.74, 6) is 0.327. The molecule has 8 heteroatoms. The van der Waals surface area contributed by atoms with E-state index in [0.29, 0.717) is 37.1 Å². The van der Waals surface area contributed by atoms with E-state index in [1.165, 1.54) is 5.56 Å². The first-order chi connectivity index (χ1) is 16.2. The van der Waals surface area contributed by atoms with Crippen LogP contribution < -0.4 is 16.0 Å². The molecule has 2 aliphatic rings. The number of anilines is 1. The van der Waals surface area contributed by atoms with Crippen molar-refractivity contribution in [1.29, 1.82) is 0 Å². The number of aryl methyl sites for hydroxylation is 1. The Morgan fingerprint density at radius 1 is 1.15 bits per heavy atom. The molecule has 0 bridgehead atoms. The number of carbonyl (C=O) groups is 2. The Bertz CT molecular complexity index is 1030. The third kappa shape index (κ3) is 5.31. The van der Waals surface area contributed by atoms with Crippen LogP contribution in [0.3, 0.4) is 0 Å². The fraction of sp³-hybridized carbons (Fsp3) is 0.462. The van der Waals surface area contributed by atoms with Gasteiger partial charge >= 0.3 is 6.09 Å². The number of carbonyl (C=O) groups excluding carboxylic acids is 2. The van der Waals surface area contributed by atoms with Crippen LogP contribution in [0.15, 0.2) is 42.5 Å². The summed E-state index contributed by atoms with van der Waals surface area (Å²) >= 11 is 5.99. The van der Waals surface area contributed by atoms with Crippen molar-refractivity contribution in [2.24, 2.45) is 11.7 Å². The number of ether oxygens (including phenoxy) is 1. The maximum atomic E-state index is 13.3. The number of cyclic esters (lactones) is 1. The topological polar surface area (TPSA) is 87.9 Å². The Kier molecular flexibility index (Phi) is 7.33. The molecule has 2 fully saturated rings. The summed E-state index contributed by atoms with van der Waals surface area (Å²) in [7, 11) is 0. The van der Waals surface area contributed by atoms with Gasteiger partial charge in [0, 0.05) is 42.9 Å². The lowest BCUT2D eigenvalue weighted by molar-refractivity contribution is -0.140. The Morgan fingerprint density at radius 3 is 2.47 bits per heavy atom. The molecule has 0 aromatic heterocycles. The smallest absolute Gasteiger partial charge is 0.408 e. The minimum atomic E-state index is -0.894. The van der Waals surface area contributed by atoms with Crippen LogP contribution in [0.25, 0.3) is 0 Å². The zero-order valence-corrected chi connectivity index (χ0v) is 20.7. The molecule has 0 spiro atoms. The van der Waals surface area contributed by atoms with E-state index in [1.807, 2.05) is 0 Å². The maximum absolute atomic E-state index is 13.3. The zero-order chi connectivity index (χ0) is 24.4. The molecule has 3 N–H and O–H groups in total. The molecule has 0 unspecified atom stereocenters. The molecule has 34 heavy (non-hydrogen) atoms. The van der Waals surface area contributed by atoms with E-state index in [0.717, 1.165) is 23.2 Å². The molecular weight excluding hydrogens is 452 g/mol. The minimum absolute atomic E-state index is 0.0290. The molecule has 3 atom stereocenters. The van der Waals surface area contributed by atoms with Gasteiger partial charge in [0.25, 0.3) is 5.91 Å². The lowest BCUT2D eigenvalue weighted by Gasteiger charge is -2.38. The molecule has 2 heterocycles. The molecule has 182 valence electrons. The van der Waals surface area contributed by atoms with E-state index in [-0.39, 0.29) is 11.9 Å². The van der Waals surface area contributed by atoms with Gasteiger partial charge in [-0.15, -0.1) is 0 Å². The molecule has 2 aromatic carbocycles. The van der Waals surface area contributed by atoms with Gasteiger partial charge in [0.2, 0.25) is 6.10 Å². The second kappa shape index (κ2) is 10.2. The number of hydrogen-bond acceptors (Lipinski definition) is 5. The number of nitrogens with zero attached hydrogens (tertiary/aromatic N) is 2. The first kappa shape index (κ1) is 24.4. The molecule has 2 amide bonds. The quantitative estimate of drug-likeness (QED) is 0.641. The highest BCUT2D eigenvalue weighted by molar-refractivity contribution is 6.30. The van der Waals surface area contributed by atoms with Crippen molar-refractivity contribution in [2.45, 2.75) is 45.4 Å². The number of amides is 2. The van der Waals surface area contributed by atoms with Crippen LogP contribution in [0.5, 0.6) is 0 Å². The summed E-state index contributed by atoms with van der Waals surface area (Å²) in [6, 6.07) is 13.0. The largest absolute Gasteiger partial charge is 0.433 e. The van der Waals surface area contributed by atoms with Gasteiger partial charge in [-0.1, -0.05) is 55.3 Å². The average molecular weight is 485 g/mol. The molecule has 2 saturated heterocycles. The van der Waals surface area contributed by atoms with Crippen molar-refractivity contribution >= 4 is 29.3 Å². The van der Waals surface area contributed by atoms with Crippen LogP contribution in [0.2, 0.25) is 5.02 Å². The van der Waals surface area contributed by atoms with Crippen LogP contribution in [-0.4, -0.2) is 49.2 Å². The molecular formula is C26H33ClN4O3. The van der Waals surface area contributed by atoms with E-state index >= 15 is 0 Å². The monoisotopic (exact) mass is 484 g/mol. The summed E-state index contributed by atoms with van der Waals surface area (Å²) < 4.78 is 5.38. The highest BCUT2D eigenvalue weighted by Gasteiger charge is 2.43. The number of halogens is 1. The highest BCUT2D eigenvalue weighted by Crippen LogP contribution is 2.32. The number of benzene rings is 2. The van der Waals surface area contributed by atoms with E-state index in [1.54, 1.807) is 29.2 Å². The van der Waals surface area contributed by atoms with Crippen LogP contribution in [0.1, 0.15) is 49.0 Å². The van der Waals surface area contributed by atoms with Gasteiger partial charge in [0.05, 0.1) is 0 Å². The SMILES string of the molecule is Cc1ccc(N2CCN(C(=O)[C@@H]3OC(=O)N[C@H]3c3ccc(Cl)cc3)CC2)c([C@@H](N)CC(C)C)c1. The summed E-state index contributed by atoms with van der Waals surface area (Å²) in [4.78, 5) is 29.4. The van der Waals surface area contributed by atoms with Crippen LogP contribution in [-0.2, 0) is 9.53 Å². The van der Waals surface area contributed by atoms with Crippen molar-refractivity contribution in [3.63, 3.8) is 0 Å². The number of piperazine rings is 1. The van der Waals surface area contributed by atoms with Gasteiger partial charge in [-0.25, -0.2) is 4.79 Å². The van der Waals surface area contributed by atoms with Gasteiger partial charge in [0.1, 0.15) is 6.04 Å². The number of alkyl carbamates (subject to hydrolysis) is 1. The first-order valence-corrected chi connectivity index (χ1v) is 12.2. The summed E-state index contributed by atoms with van der Waals surface area (Å²) in [5.41, 5.74) is 10.8. The summed E-state index contributed by atoms with van der Waals surface area (Å²) in [6.07, 6.45) is -0.559. The number of nitrogens with one attached hydrogen (secondary N) is 1. The third-order valence-electron chi connectivity index (χ3n) is 6.52. The second-order valence-corrected chi connectivity index (χ2v) is 10.0. The zero-order valence-electron chi connectivity index (χ0n) is 20.0. The molecule has 2 aromatic rings. The van der Waals surface area contributed by atoms with E-state index < -0.39 is 18.2 Å². The van der Waals surface area contributed by atoms with Crippen molar-refractivity contribution in [1.82, 2.24) is 10.2 Å². The molecule has 0 radical (unpaired) electrons. The Hall–Kier alpha value is -2.77. The predicted molar refractivity (Wildman–Crippen MR) is 134 cm³/mol. The van der Waals surface area contributed by atoms with Crippen molar-refractivity contribution in [3.8, 4) is 0 Å². The van der Waals surface area contributed by atoms with Crippen molar-refractivity contribution in [2.75, 3.05) is 31.1 Å². The number of rotatable bonds is 6. The minimum Gasteiger partial charge on any atom is -0.433 e. The Balaban J connectivity index is 1.45. The summed E-state index contributed by atoms with van der Waals surface area (Å²) in [6.45, 7) is 8.93. The molecule has 7 nitrogen and oxygen atoms in total. The Labute approximate surface area is 206 Å². The normalized spacial score (nSPS) is 21.4. The van der Waals surface area contributed by atoms with E-state index in [4.69, 9.17) is 22.1 Å². The highest BCUT2D eigenvalue weighted by atomic mass is 35.5. The fourth-order valence-corrected chi connectivity index (χ4v) is 4.91. The third-order valence-corrected chi connectivity index (χ3v) is 6.77. The molecule has 0 aliphatic carbocycles. The Morgan fingerprint density at radius 2 is 1.82 bits per heavy atom. The number of hydrogen-bond donors (Lipinski definition) is 2. The maximum Gasteiger partial charge on any atom is 0.408 e. The van der Waals surface area contributed by atoms with Crippen LogP contribution in [0, 0.1) is 12.8 Å². The molecule has 0 saturated carbocycles. The fourth-order valence-electron chi connectivity index (χ4n) is 4.78.